The Balaban J connectivity index is 0.938. The highest BCUT2D eigenvalue weighted by molar-refractivity contribution is 6.32. The number of benzene rings is 7. The SMILES string of the molecule is CC(C)(C)OC(=O)N[C@@H]1C(=O)N[C@H]2Cc3ccc(c(Cl)c3)Oc3cc4cc(c3O)Oc3ccc(cc3Cl)C(O)[C@@H]3NC(=O)[C@@H](NC(=O)[C@H]4NC(=O)[C@@H](NC2=O)c2cc(O)cc(c2)Oc2cc1ccc2O)c1ccc(O)c(c1)-c1c(cc(O)c(CNC24CC5CC(CC(C5)C2)C4)c1O)[C@@H](C(=O)O)NC3=O. The predicted octanol–water partition coefficient (Wildman–Crippen LogP) is 8.61. The van der Waals surface area contributed by atoms with Crippen LogP contribution in [0.3, 0.4) is 0 Å². The van der Waals surface area contributed by atoms with Gasteiger partial charge in [0.25, 0.3) is 0 Å². The van der Waals surface area contributed by atoms with Crippen molar-refractivity contribution in [3.63, 3.8) is 0 Å². The smallest absolute Gasteiger partial charge is 0.408 e. The first-order valence-electron chi connectivity index (χ1n) is 33.4. The number of alkyl carbamates (subject to hydrolysis) is 1. The Bertz CT molecular complexity index is 4760. The summed E-state index contributed by atoms with van der Waals surface area (Å²) in [6.07, 6.45) is 2.16. The van der Waals surface area contributed by atoms with Crippen molar-refractivity contribution in [2.24, 2.45) is 17.8 Å². The highest BCUT2D eigenvalue weighted by Gasteiger charge is 2.51. The summed E-state index contributed by atoms with van der Waals surface area (Å²) in [5.41, 5.74) is -3.72. The molecule has 7 aromatic rings. The van der Waals surface area contributed by atoms with E-state index in [-0.39, 0.29) is 89.6 Å². The van der Waals surface area contributed by atoms with Gasteiger partial charge in [0.15, 0.2) is 29.0 Å². The second-order valence-corrected chi connectivity index (χ2v) is 29.3. The number of ether oxygens (including phenoxy) is 4. The molecular formula is C74H70Cl2N8O20. The van der Waals surface area contributed by atoms with Crippen molar-refractivity contribution >= 4 is 70.7 Å². The number of rotatable bonds is 5. The van der Waals surface area contributed by atoms with E-state index in [1.54, 1.807) is 20.8 Å². The molecule has 0 radical (unpaired) electrons. The van der Waals surface area contributed by atoms with E-state index >= 15 is 24.0 Å². The summed E-state index contributed by atoms with van der Waals surface area (Å²) in [6.45, 7) is 4.58. The highest BCUT2D eigenvalue weighted by Crippen LogP contribution is 2.57. The van der Waals surface area contributed by atoms with Gasteiger partial charge in [0.1, 0.15) is 88.2 Å². The summed E-state index contributed by atoms with van der Waals surface area (Å²) in [4.78, 5) is 120. The molecule has 4 aliphatic carbocycles. The minimum Gasteiger partial charge on any atom is -0.508 e. The standard InChI is InChI=1S/C74H70Cl2N8O20/c1-73(2,3)104-72(100)84-57-35-6-9-48(87)52(21-35)101-40-18-37(17-39(85)24-40)58-68(95)81-59-38-22-53(102-50-10-4-30(15-44(50)75)16-46(65(92)79-58)78-66(57)93)64(91)54(23-38)103-51-11-7-36(20-45(51)76)62(89)61-70(97)82-60(71(98)99)42-25-49(88)43(29-77-74-26-31-12-32(27-74)14-33(13-31)28-74)63(90)55(42)41-19-34(5-8-47(41)86)56(67(94)83-61)80-69(59)96/h4-11,15,17-25,31-33,46,56-62,77,85-91H,12-14,16,26-29H2,1-3H3,(H,78,93)(H,79,92)(H,80,96)(H,81,95)(H,82,97)(H,83,94)(H,84,100)(H,98,99)/t31?,32?,33?,46-,56-,57-,58-,59-,60-,61-,62?,74?/m0/s1. The topological polar surface area (TPSA) is 432 Å². The number of carboxylic acid groups (broad SMARTS) is 1. The Hall–Kier alpha value is -11.2. The van der Waals surface area contributed by atoms with E-state index in [1.807, 2.05) is 0 Å². The molecule has 16 N–H and O–H groups in total. The number of fused-ring (bicyclic) bond motifs is 14. The van der Waals surface area contributed by atoms with Gasteiger partial charge in [0.2, 0.25) is 41.2 Å². The molecule has 104 heavy (non-hydrogen) atoms. The van der Waals surface area contributed by atoms with Crippen LogP contribution in [0.25, 0.3) is 11.1 Å². The summed E-state index contributed by atoms with van der Waals surface area (Å²) < 4.78 is 24.3. The van der Waals surface area contributed by atoms with E-state index in [0.29, 0.717) is 17.8 Å². The summed E-state index contributed by atoms with van der Waals surface area (Å²) in [5, 5.41) is 116. The molecule has 0 saturated heterocycles. The lowest BCUT2D eigenvalue weighted by Gasteiger charge is -2.57. The Morgan fingerprint density at radius 3 is 1.77 bits per heavy atom. The molecule has 0 aromatic heterocycles. The number of nitrogens with one attached hydrogen (secondary N) is 8. The predicted molar refractivity (Wildman–Crippen MR) is 368 cm³/mol. The number of halogens is 2. The average Bonchev–Trinajstić information content (AvgIpc) is 0.744. The second kappa shape index (κ2) is 26.9. The fourth-order valence-corrected chi connectivity index (χ4v) is 16.1. The van der Waals surface area contributed by atoms with Crippen LogP contribution in [-0.2, 0) is 51.3 Å². The quantitative estimate of drug-likeness (QED) is 0.0766. The van der Waals surface area contributed by atoms with Crippen molar-refractivity contribution in [2.45, 2.75) is 132 Å². The van der Waals surface area contributed by atoms with Crippen molar-refractivity contribution in [3.8, 4) is 80.1 Å². The first-order chi connectivity index (χ1) is 49.4. The van der Waals surface area contributed by atoms with E-state index in [9.17, 15) is 55.2 Å². The van der Waals surface area contributed by atoms with Crippen LogP contribution in [0.5, 0.6) is 69.0 Å². The summed E-state index contributed by atoms with van der Waals surface area (Å²) in [7, 11) is 0. The van der Waals surface area contributed by atoms with Gasteiger partial charge >= 0.3 is 12.1 Å². The molecule has 4 fully saturated rings. The first-order valence-corrected chi connectivity index (χ1v) is 34.2. The fraction of sp³-hybridized carbons (Fsp3) is 0.324. The molecule has 10 aliphatic rings. The number of aliphatic carboxylic acids is 1. The zero-order valence-corrected chi connectivity index (χ0v) is 57.1. The number of phenols is 6. The van der Waals surface area contributed by atoms with E-state index < -0.39 is 165 Å². The van der Waals surface area contributed by atoms with E-state index in [1.165, 1.54) is 48.5 Å². The van der Waals surface area contributed by atoms with Gasteiger partial charge in [-0.15, -0.1) is 0 Å². The van der Waals surface area contributed by atoms with Crippen molar-refractivity contribution in [3.05, 3.63) is 164 Å². The first kappa shape index (κ1) is 69.9. The molecule has 1 unspecified atom stereocenters. The minimum absolute atomic E-state index is 0.00589. The van der Waals surface area contributed by atoms with Crippen molar-refractivity contribution in [1.29, 1.82) is 0 Å². The van der Waals surface area contributed by atoms with Gasteiger partial charge in [-0.2, -0.15) is 0 Å². The molecule has 21 bridgehead atoms. The van der Waals surface area contributed by atoms with E-state index in [0.717, 1.165) is 99.2 Å². The number of aliphatic hydroxyl groups is 1. The van der Waals surface area contributed by atoms with Gasteiger partial charge in [0.05, 0.1) is 15.6 Å². The molecule has 6 heterocycles. The maximum absolute atomic E-state index is 16.1. The van der Waals surface area contributed by atoms with Crippen LogP contribution in [0, 0.1) is 17.8 Å². The van der Waals surface area contributed by atoms with Crippen LogP contribution in [0.1, 0.15) is 140 Å². The van der Waals surface area contributed by atoms with Gasteiger partial charge in [-0.1, -0.05) is 47.5 Å². The number of carboxylic acids is 1. The normalized spacial score (nSPS) is 25.5. The van der Waals surface area contributed by atoms with Gasteiger partial charge in [-0.25, -0.2) is 9.59 Å². The van der Waals surface area contributed by atoms with Crippen LogP contribution in [0.4, 0.5) is 4.79 Å². The third-order valence-electron chi connectivity index (χ3n) is 20.0. The number of amides is 7. The van der Waals surface area contributed by atoms with Gasteiger partial charge in [0, 0.05) is 41.3 Å². The van der Waals surface area contributed by atoms with Gasteiger partial charge < -0.3 is 102 Å². The van der Waals surface area contributed by atoms with E-state index in [2.05, 4.69) is 42.5 Å². The Morgan fingerprint density at radius 1 is 0.558 bits per heavy atom. The molecular weight excluding hydrogens is 1390 g/mol. The number of aliphatic hydroxyl groups excluding tert-OH is 1. The van der Waals surface area contributed by atoms with E-state index in [4.69, 9.17) is 42.1 Å². The fourth-order valence-electron chi connectivity index (χ4n) is 15.6. The number of aromatic hydroxyl groups is 6. The lowest BCUT2D eigenvalue weighted by atomic mass is 9.53. The molecule has 540 valence electrons. The van der Waals surface area contributed by atoms with Crippen LogP contribution in [-0.4, -0.2) is 112 Å². The van der Waals surface area contributed by atoms with Crippen LogP contribution >= 0.6 is 23.2 Å². The molecule has 28 nitrogen and oxygen atoms in total. The van der Waals surface area contributed by atoms with Gasteiger partial charge in [-0.05, 0) is 189 Å². The molecule has 30 heteroatoms. The maximum atomic E-state index is 16.1. The minimum atomic E-state index is -2.23. The molecule has 6 aliphatic heterocycles. The third-order valence-corrected chi connectivity index (χ3v) is 20.6. The number of carbonyl (C=O) groups is 8. The Morgan fingerprint density at radius 2 is 1.13 bits per heavy atom. The van der Waals surface area contributed by atoms with Crippen LogP contribution in [0.15, 0.2) is 109 Å². The molecule has 7 amide bonds. The van der Waals surface area contributed by atoms with Crippen molar-refractivity contribution in [1.82, 2.24) is 42.5 Å². The molecule has 8 atom stereocenters. The highest BCUT2D eigenvalue weighted by atomic mass is 35.5. The van der Waals surface area contributed by atoms with Crippen molar-refractivity contribution < 1.29 is 98.2 Å². The zero-order valence-electron chi connectivity index (χ0n) is 55.6. The number of phenolic OH excluding ortho intramolecular Hbond substituents is 6. The summed E-state index contributed by atoms with van der Waals surface area (Å²) >= 11 is 13.9. The molecule has 7 aromatic carbocycles. The van der Waals surface area contributed by atoms with Crippen LogP contribution < -0.4 is 56.7 Å². The van der Waals surface area contributed by atoms with Crippen LogP contribution in [0.2, 0.25) is 10.0 Å². The Kier molecular flexibility index (Phi) is 18.1. The maximum Gasteiger partial charge on any atom is 0.408 e. The van der Waals surface area contributed by atoms with Crippen molar-refractivity contribution in [2.75, 3.05) is 0 Å². The number of hydrogen-bond donors (Lipinski definition) is 16. The summed E-state index contributed by atoms with van der Waals surface area (Å²) in [5.74, 6) is -13.9. The monoisotopic (exact) mass is 1460 g/mol. The molecule has 17 rings (SSSR count). The number of hydrogen-bond acceptors (Lipinski definition) is 20. The van der Waals surface area contributed by atoms with Gasteiger partial charge in [-0.3, -0.25) is 28.8 Å². The Labute approximate surface area is 602 Å². The number of carbonyl (C=O) groups excluding carboxylic acids is 7. The zero-order chi connectivity index (χ0) is 73.7. The lowest BCUT2D eigenvalue weighted by molar-refractivity contribution is -0.143. The molecule has 4 saturated carbocycles. The third kappa shape index (κ3) is 13.7. The molecule has 0 spiro atoms. The lowest BCUT2D eigenvalue weighted by Crippen LogP contribution is -2.58. The second-order valence-electron chi connectivity index (χ2n) is 28.5. The largest absolute Gasteiger partial charge is 0.508 e. The summed E-state index contributed by atoms with van der Waals surface area (Å²) in [6, 6.07) is 6.89. The average molecular weight is 1460 g/mol.